The minimum Gasteiger partial charge on any atom is -0.385 e. The number of aliphatic hydroxyl groups excluding tert-OH is 1. The highest BCUT2D eigenvalue weighted by Gasteiger charge is 2.38. The van der Waals surface area contributed by atoms with Gasteiger partial charge in [-0.3, -0.25) is 0 Å². The van der Waals surface area contributed by atoms with Gasteiger partial charge in [0, 0.05) is 30.2 Å². The number of piperidine rings is 1. The fourth-order valence-corrected chi connectivity index (χ4v) is 7.06. The van der Waals surface area contributed by atoms with Gasteiger partial charge in [0.15, 0.2) is 5.65 Å². The molecular formula is C23H27N5O5S2. The van der Waals surface area contributed by atoms with Crippen LogP contribution >= 0.6 is 0 Å². The van der Waals surface area contributed by atoms with Crippen LogP contribution < -0.4 is 0 Å². The molecule has 12 heteroatoms. The zero-order chi connectivity index (χ0) is 25.2. The Morgan fingerprint density at radius 3 is 2.31 bits per heavy atom. The van der Waals surface area contributed by atoms with Crippen molar-refractivity contribution in [2.45, 2.75) is 43.2 Å². The van der Waals surface area contributed by atoms with Crippen LogP contribution in [-0.2, 0) is 25.6 Å². The van der Waals surface area contributed by atoms with E-state index >= 15 is 0 Å². The minimum absolute atomic E-state index is 0.151. The van der Waals surface area contributed by atoms with E-state index < -0.39 is 31.7 Å². The van der Waals surface area contributed by atoms with Crippen molar-refractivity contribution in [1.82, 2.24) is 22.8 Å². The molecule has 35 heavy (non-hydrogen) atoms. The lowest BCUT2D eigenvalue weighted by Crippen LogP contribution is -2.46. The lowest BCUT2D eigenvalue weighted by molar-refractivity contribution is 0.144. The number of fused-ring (bicyclic) bond motifs is 3. The van der Waals surface area contributed by atoms with Crippen LogP contribution in [0.1, 0.15) is 38.6 Å². The first-order valence-electron chi connectivity index (χ1n) is 11.3. The Labute approximate surface area is 203 Å². The monoisotopic (exact) mass is 517 g/mol. The summed E-state index contributed by atoms with van der Waals surface area (Å²) >= 11 is 0. The molecule has 10 nitrogen and oxygen atoms in total. The predicted octanol–water partition coefficient (Wildman–Crippen LogP) is 2.45. The van der Waals surface area contributed by atoms with Gasteiger partial charge in [0.1, 0.15) is 17.4 Å². The molecule has 4 heterocycles. The van der Waals surface area contributed by atoms with Gasteiger partial charge >= 0.3 is 0 Å². The molecule has 0 saturated carbocycles. The molecule has 5 rings (SSSR count). The van der Waals surface area contributed by atoms with E-state index in [1.165, 1.54) is 35.1 Å². The van der Waals surface area contributed by atoms with Crippen LogP contribution in [-0.4, -0.2) is 64.1 Å². The number of sulfonamides is 1. The molecule has 0 bridgehead atoms. The SMILES string of the molecule is C[C@@H](O)c1nc2cnc3c(ccn3S(=O)(=O)c3ccccc3)c2n1C1(C)CCN(S(C)(=O)=O)CC1. The maximum absolute atomic E-state index is 13.3. The van der Waals surface area contributed by atoms with Gasteiger partial charge in [0.05, 0.1) is 22.9 Å². The molecule has 1 atom stereocenters. The van der Waals surface area contributed by atoms with Gasteiger partial charge in [-0.2, -0.15) is 0 Å². The molecule has 0 radical (unpaired) electrons. The molecule has 1 aromatic carbocycles. The van der Waals surface area contributed by atoms with Crippen LogP contribution in [0.4, 0.5) is 0 Å². The van der Waals surface area contributed by atoms with E-state index in [1.807, 2.05) is 11.5 Å². The van der Waals surface area contributed by atoms with Crippen molar-refractivity contribution in [2.24, 2.45) is 0 Å². The highest BCUT2D eigenvalue weighted by Crippen LogP contribution is 2.39. The second-order valence-electron chi connectivity index (χ2n) is 9.30. The van der Waals surface area contributed by atoms with Gasteiger partial charge in [-0.25, -0.2) is 35.1 Å². The van der Waals surface area contributed by atoms with E-state index in [4.69, 9.17) is 0 Å². The zero-order valence-corrected chi connectivity index (χ0v) is 21.3. The van der Waals surface area contributed by atoms with Crippen LogP contribution in [0.15, 0.2) is 53.7 Å². The Hall–Kier alpha value is -2.80. The molecule has 1 saturated heterocycles. The minimum atomic E-state index is -3.88. The highest BCUT2D eigenvalue weighted by molar-refractivity contribution is 7.90. The van der Waals surface area contributed by atoms with E-state index in [-0.39, 0.29) is 10.5 Å². The van der Waals surface area contributed by atoms with E-state index in [2.05, 4.69) is 9.97 Å². The van der Waals surface area contributed by atoms with Crippen molar-refractivity contribution in [1.29, 1.82) is 0 Å². The summed E-state index contributed by atoms with van der Waals surface area (Å²) in [5, 5.41) is 11.2. The van der Waals surface area contributed by atoms with Crippen molar-refractivity contribution in [3.63, 3.8) is 0 Å². The maximum atomic E-state index is 13.3. The summed E-state index contributed by atoms with van der Waals surface area (Å²) in [6, 6.07) is 9.85. The summed E-state index contributed by atoms with van der Waals surface area (Å²) in [6.45, 7) is 4.32. The summed E-state index contributed by atoms with van der Waals surface area (Å²) < 4.78 is 55.4. The second kappa shape index (κ2) is 8.12. The molecule has 0 aliphatic carbocycles. The van der Waals surface area contributed by atoms with Gasteiger partial charge in [-0.1, -0.05) is 18.2 Å². The van der Waals surface area contributed by atoms with Crippen molar-refractivity contribution >= 4 is 42.1 Å². The summed E-state index contributed by atoms with van der Waals surface area (Å²) in [7, 11) is -7.18. The Balaban J connectivity index is 1.72. The number of benzene rings is 1. The number of nitrogens with zero attached hydrogens (tertiary/aromatic N) is 5. The molecule has 3 aromatic heterocycles. The first-order chi connectivity index (χ1) is 16.4. The molecule has 1 aliphatic heterocycles. The van der Waals surface area contributed by atoms with Crippen molar-refractivity contribution in [3.05, 3.63) is 54.6 Å². The maximum Gasteiger partial charge on any atom is 0.269 e. The Morgan fingerprint density at radius 1 is 1.06 bits per heavy atom. The third kappa shape index (κ3) is 3.84. The van der Waals surface area contributed by atoms with E-state index in [9.17, 15) is 21.9 Å². The van der Waals surface area contributed by atoms with Gasteiger partial charge in [-0.15, -0.1) is 0 Å². The fraction of sp³-hybridized carbons (Fsp3) is 0.391. The fourth-order valence-electron chi connectivity index (χ4n) is 4.89. The van der Waals surface area contributed by atoms with E-state index in [0.717, 1.165) is 3.97 Å². The lowest BCUT2D eigenvalue weighted by Gasteiger charge is -2.41. The molecule has 0 unspecified atom stereocenters. The van der Waals surface area contributed by atoms with Crippen LogP contribution in [0.3, 0.4) is 0 Å². The number of aromatic nitrogens is 4. The molecule has 0 spiro atoms. The molecular weight excluding hydrogens is 490 g/mol. The number of hydrogen-bond donors (Lipinski definition) is 1. The molecule has 0 amide bonds. The van der Waals surface area contributed by atoms with Crippen LogP contribution in [0.5, 0.6) is 0 Å². The quantitative estimate of drug-likeness (QED) is 0.431. The highest BCUT2D eigenvalue weighted by atomic mass is 32.2. The number of pyridine rings is 1. The smallest absolute Gasteiger partial charge is 0.269 e. The molecule has 186 valence electrons. The first kappa shape index (κ1) is 23.9. The molecule has 4 aromatic rings. The molecule has 1 fully saturated rings. The first-order valence-corrected chi connectivity index (χ1v) is 14.5. The van der Waals surface area contributed by atoms with E-state index in [0.29, 0.717) is 48.2 Å². The summed E-state index contributed by atoms with van der Waals surface area (Å²) in [5.41, 5.74) is 0.923. The number of aliphatic hydroxyl groups is 1. The number of rotatable bonds is 5. The Kier molecular flexibility index (Phi) is 5.55. The summed E-state index contributed by atoms with van der Waals surface area (Å²) in [4.78, 5) is 9.22. The number of hydrogen-bond acceptors (Lipinski definition) is 7. The van der Waals surface area contributed by atoms with Crippen LogP contribution in [0.2, 0.25) is 0 Å². The van der Waals surface area contributed by atoms with Crippen molar-refractivity contribution in [3.8, 4) is 0 Å². The summed E-state index contributed by atoms with van der Waals surface area (Å²) in [5.74, 6) is 0.434. The largest absolute Gasteiger partial charge is 0.385 e. The van der Waals surface area contributed by atoms with Gasteiger partial charge in [0.2, 0.25) is 10.0 Å². The Bertz CT molecular complexity index is 1630. The van der Waals surface area contributed by atoms with Gasteiger partial charge in [-0.05, 0) is 44.9 Å². The van der Waals surface area contributed by atoms with Crippen LogP contribution in [0.25, 0.3) is 22.1 Å². The van der Waals surface area contributed by atoms with Crippen molar-refractivity contribution < 1.29 is 21.9 Å². The average Bonchev–Trinajstić information content (AvgIpc) is 3.42. The van der Waals surface area contributed by atoms with Gasteiger partial charge in [0.25, 0.3) is 10.0 Å². The van der Waals surface area contributed by atoms with Crippen molar-refractivity contribution in [2.75, 3.05) is 19.3 Å². The molecule has 1 aliphatic rings. The third-order valence-electron chi connectivity index (χ3n) is 6.80. The normalized spacial score (nSPS) is 18.3. The van der Waals surface area contributed by atoms with Crippen LogP contribution in [0, 0.1) is 0 Å². The second-order valence-corrected chi connectivity index (χ2v) is 13.1. The summed E-state index contributed by atoms with van der Waals surface area (Å²) in [6.07, 6.45) is 4.34. The predicted molar refractivity (Wildman–Crippen MR) is 132 cm³/mol. The standard InChI is InChI=1S/C23H27N5O5S2/c1-16(29)21-25-19-15-24-22-18(9-12-27(22)35(32,33)17-7-5-4-6-8-17)20(19)28(21)23(2)10-13-26(14-11-23)34(3,30)31/h4-9,12,15-16,29H,10-11,13-14H2,1-3H3/t16-/m1/s1. The zero-order valence-electron chi connectivity index (χ0n) is 19.7. The molecule has 1 N–H and O–H groups in total. The number of imidazole rings is 1. The Morgan fingerprint density at radius 2 is 1.71 bits per heavy atom. The third-order valence-corrected chi connectivity index (χ3v) is 9.79. The topological polar surface area (TPSA) is 127 Å². The van der Waals surface area contributed by atoms with Gasteiger partial charge < -0.3 is 9.67 Å². The van der Waals surface area contributed by atoms with E-state index in [1.54, 1.807) is 31.2 Å². The lowest BCUT2D eigenvalue weighted by atomic mass is 9.89. The average molecular weight is 518 g/mol.